The Labute approximate surface area is 412 Å². The Morgan fingerprint density at radius 3 is 1.31 bits per heavy atom. The first-order valence-electron chi connectivity index (χ1n) is 26.8. The molecule has 0 aliphatic rings. The number of carbonyl (C=O) groups excluding carboxylic acids is 1. The van der Waals surface area contributed by atoms with E-state index in [9.17, 15) is 19.4 Å². The van der Waals surface area contributed by atoms with Gasteiger partial charge in [0.1, 0.15) is 13.2 Å². The molecule has 3 atom stereocenters. The van der Waals surface area contributed by atoms with Gasteiger partial charge in [0.2, 0.25) is 5.91 Å². The Kier molecular flexibility index (Phi) is 46.2. The largest absolute Gasteiger partial charge is 0.472 e. The molecule has 0 saturated carbocycles. The van der Waals surface area contributed by atoms with Crippen LogP contribution in [0.4, 0.5) is 0 Å². The summed E-state index contributed by atoms with van der Waals surface area (Å²) in [4.78, 5) is 23.2. The molecular formula is C58H102N2O6P+. The number of phosphoric acid groups is 1. The molecule has 384 valence electrons. The summed E-state index contributed by atoms with van der Waals surface area (Å²) < 4.78 is 23.6. The summed E-state index contributed by atoms with van der Waals surface area (Å²) in [7, 11) is 1.55. The maximum absolute atomic E-state index is 12.9. The summed E-state index contributed by atoms with van der Waals surface area (Å²) in [5.41, 5.74) is 0. The minimum Gasteiger partial charge on any atom is -0.387 e. The average Bonchev–Trinajstić information content (AvgIpc) is 3.29. The molecule has 8 nitrogen and oxygen atoms in total. The van der Waals surface area contributed by atoms with Gasteiger partial charge >= 0.3 is 7.82 Å². The van der Waals surface area contributed by atoms with Crippen LogP contribution in [0.15, 0.2) is 109 Å². The molecule has 0 radical (unpaired) electrons. The molecule has 0 aromatic heterocycles. The summed E-state index contributed by atoms with van der Waals surface area (Å²) >= 11 is 0. The van der Waals surface area contributed by atoms with Gasteiger partial charge in [-0.2, -0.15) is 0 Å². The molecule has 67 heavy (non-hydrogen) atoms. The second-order valence-corrected chi connectivity index (χ2v) is 20.3. The number of unbranched alkanes of at least 4 members (excludes halogenated alkanes) is 18. The summed E-state index contributed by atoms with van der Waals surface area (Å²) in [5, 5.41) is 13.8. The van der Waals surface area contributed by atoms with E-state index in [0.29, 0.717) is 17.4 Å². The molecule has 0 spiro atoms. The molecule has 0 aromatic rings. The lowest BCUT2D eigenvalue weighted by Gasteiger charge is -2.25. The molecule has 0 aliphatic carbocycles. The van der Waals surface area contributed by atoms with Gasteiger partial charge in [-0.15, -0.1) is 0 Å². The predicted octanol–water partition coefficient (Wildman–Crippen LogP) is 16.0. The summed E-state index contributed by atoms with van der Waals surface area (Å²) in [6, 6.07) is -0.854. The van der Waals surface area contributed by atoms with Crippen LogP contribution in [0.1, 0.15) is 200 Å². The fraction of sp³-hybridized carbons (Fsp3) is 0.672. The number of nitrogens with zero attached hydrogens (tertiary/aromatic N) is 1. The first kappa shape index (κ1) is 64.2. The zero-order chi connectivity index (χ0) is 49.2. The third-order valence-electron chi connectivity index (χ3n) is 11.2. The molecule has 1 amide bonds. The van der Waals surface area contributed by atoms with Crippen LogP contribution < -0.4 is 5.32 Å². The van der Waals surface area contributed by atoms with Crippen molar-refractivity contribution in [2.75, 3.05) is 40.9 Å². The Balaban J connectivity index is 4.10. The summed E-state index contributed by atoms with van der Waals surface area (Å²) in [6.07, 6.45) is 70.4. The highest BCUT2D eigenvalue weighted by Gasteiger charge is 2.27. The number of amides is 1. The van der Waals surface area contributed by atoms with E-state index >= 15 is 0 Å². The molecule has 9 heteroatoms. The van der Waals surface area contributed by atoms with E-state index in [1.165, 1.54) is 83.5 Å². The van der Waals surface area contributed by atoms with Crippen molar-refractivity contribution in [3.8, 4) is 0 Å². The zero-order valence-corrected chi connectivity index (χ0v) is 44.5. The normalized spacial score (nSPS) is 14.9. The van der Waals surface area contributed by atoms with Gasteiger partial charge in [0.25, 0.3) is 0 Å². The Morgan fingerprint density at radius 2 is 0.896 bits per heavy atom. The molecule has 0 aliphatic heterocycles. The van der Waals surface area contributed by atoms with Crippen LogP contribution in [-0.4, -0.2) is 73.4 Å². The van der Waals surface area contributed by atoms with Gasteiger partial charge in [-0.1, -0.05) is 220 Å². The Hall–Kier alpha value is -2.84. The van der Waals surface area contributed by atoms with Crippen LogP contribution in [0.25, 0.3) is 0 Å². The monoisotopic (exact) mass is 954 g/mol. The van der Waals surface area contributed by atoms with Crippen LogP contribution in [0, 0.1) is 0 Å². The van der Waals surface area contributed by atoms with E-state index in [4.69, 9.17) is 9.05 Å². The highest BCUT2D eigenvalue weighted by molar-refractivity contribution is 7.47. The van der Waals surface area contributed by atoms with Gasteiger partial charge in [0.15, 0.2) is 0 Å². The number of quaternary nitrogens is 1. The average molecular weight is 954 g/mol. The second-order valence-electron chi connectivity index (χ2n) is 18.9. The number of hydrogen-bond donors (Lipinski definition) is 3. The van der Waals surface area contributed by atoms with E-state index in [1.807, 2.05) is 27.2 Å². The zero-order valence-electron chi connectivity index (χ0n) is 43.6. The van der Waals surface area contributed by atoms with Crippen molar-refractivity contribution in [1.29, 1.82) is 0 Å². The SMILES string of the molecule is CC/C=C\C/C=C\C/C=C\C/C=C\C/C=C\C/C=C\C/C=C\C/C=C\CCCCCCCCCCCCC(=O)NC(COP(=O)(O)OCC[N+](C)(C)C)C(O)/C=C/CCCCCCCCCC. The minimum absolute atomic E-state index is 0.0555. The molecular weight excluding hydrogens is 852 g/mol. The van der Waals surface area contributed by atoms with Crippen molar-refractivity contribution >= 4 is 13.7 Å². The first-order valence-corrected chi connectivity index (χ1v) is 28.3. The number of phosphoric ester groups is 1. The van der Waals surface area contributed by atoms with Crippen LogP contribution in [0.5, 0.6) is 0 Å². The summed E-state index contributed by atoms with van der Waals surface area (Å²) in [5.74, 6) is -0.189. The molecule has 0 aromatic carbocycles. The quantitative estimate of drug-likeness (QED) is 0.0243. The van der Waals surface area contributed by atoms with Crippen LogP contribution in [0.2, 0.25) is 0 Å². The molecule has 0 fully saturated rings. The number of rotatable bonds is 47. The lowest BCUT2D eigenvalue weighted by atomic mass is 10.0. The third-order valence-corrected chi connectivity index (χ3v) is 12.2. The lowest BCUT2D eigenvalue weighted by molar-refractivity contribution is -0.870. The number of hydrogen-bond acceptors (Lipinski definition) is 5. The number of carbonyl (C=O) groups is 1. The van der Waals surface area contributed by atoms with Gasteiger partial charge < -0.3 is 19.8 Å². The fourth-order valence-corrected chi connectivity index (χ4v) is 7.79. The van der Waals surface area contributed by atoms with Crippen molar-refractivity contribution in [3.05, 3.63) is 109 Å². The number of likely N-dealkylation sites (N-methyl/N-ethyl adjacent to an activating group) is 1. The molecule has 3 N–H and O–H groups in total. The number of aliphatic hydroxyl groups is 1. The van der Waals surface area contributed by atoms with E-state index in [0.717, 1.165) is 96.3 Å². The van der Waals surface area contributed by atoms with E-state index in [1.54, 1.807) is 6.08 Å². The predicted molar refractivity (Wildman–Crippen MR) is 290 cm³/mol. The van der Waals surface area contributed by atoms with Crippen molar-refractivity contribution in [1.82, 2.24) is 5.32 Å². The third kappa shape index (κ3) is 50.9. The smallest absolute Gasteiger partial charge is 0.387 e. The van der Waals surface area contributed by atoms with E-state index in [-0.39, 0.29) is 19.1 Å². The van der Waals surface area contributed by atoms with Crippen LogP contribution >= 0.6 is 7.82 Å². The topological polar surface area (TPSA) is 105 Å². The van der Waals surface area contributed by atoms with Crippen LogP contribution in [0.3, 0.4) is 0 Å². The Bertz CT molecular complexity index is 1450. The first-order chi connectivity index (χ1) is 32.5. The summed E-state index contributed by atoms with van der Waals surface area (Å²) in [6.45, 7) is 4.65. The highest BCUT2D eigenvalue weighted by Crippen LogP contribution is 2.43. The second kappa shape index (κ2) is 48.2. The van der Waals surface area contributed by atoms with Gasteiger partial charge in [0, 0.05) is 6.42 Å². The maximum atomic E-state index is 12.9. The number of allylic oxidation sites excluding steroid dienone is 17. The van der Waals surface area contributed by atoms with E-state index in [2.05, 4.69) is 116 Å². The van der Waals surface area contributed by atoms with Crippen molar-refractivity contribution in [2.24, 2.45) is 0 Å². The van der Waals surface area contributed by atoms with Crippen molar-refractivity contribution in [3.63, 3.8) is 0 Å². The molecule has 0 rings (SSSR count). The van der Waals surface area contributed by atoms with Crippen molar-refractivity contribution < 1.29 is 32.9 Å². The van der Waals surface area contributed by atoms with Gasteiger partial charge in [-0.05, 0) is 83.5 Å². The minimum atomic E-state index is -4.34. The highest BCUT2D eigenvalue weighted by atomic mass is 31.2. The maximum Gasteiger partial charge on any atom is 0.472 e. The fourth-order valence-electron chi connectivity index (χ4n) is 7.06. The van der Waals surface area contributed by atoms with E-state index < -0.39 is 20.0 Å². The Morgan fingerprint density at radius 1 is 0.522 bits per heavy atom. The van der Waals surface area contributed by atoms with Crippen LogP contribution in [-0.2, 0) is 18.4 Å². The molecule has 3 unspecified atom stereocenters. The molecule has 0 saturated heterocycles. The molecule has 0 heterocycles. The number of nitrogens with one attached hydrogen (secondary N) is 1. The van der Waals surface area contributed by atoms with Gasteiger partial charge in [0.05, 0.1) is 39.9 Å². The lowest BCUT2D eigenvalue weighted by Crippen LogP contribution is -2.45. The van der Waals surface area contributed by atoms with Gasteiger partial charge in [-0.3, -0.25) is 13.8 Å². The van der Waals surface area contributed by atoms with Crippen molar-refractivity contribution in [2.45, 2.75) is 212 Å². The standard InChI is InChI=1S/C58H101N2O6P/c1-6-8-10-12-14-16-18-19-20-21-22-23-24-25-26-27-28-29-30-31-32-33-34-35-36-37-38-39-40-41-42-44-46-48-50-52-58(62)59-56(55-66-67(63,64)65-54-53-60(3,4)5)57(61)51-49-47-45-43-17-15-13-11-9-7-2/h8,10,14,16,19-20,22-23,25-26,28-29,31-32,34-35,49,51,56-57,61H,6-7,9,11-13,15,17-18,21,24,27,30,33,36-48,50,52-55H2,1-5H3,(H-,59,62,63,64)/p+1/b10-8-,16-14-,20-19-,23-22-,26-25-,29-28-,32-31-,35-34-,51-49+. The number of aliphatic hydroxyl groups excluding tert-OH is 1. The van der Waals surface area contributed by atoms with Gasteiger partial charge in [-0.25, -0.2) is 4.57 Å². The molecule has 0 bridgehead atoms.